The van der Waals surface area contributed by atoms with Gasteiger partial charge >= 0.3 is 5.97 Å². The van der Waals surface area contributed by atoms with Crippen LogP contribution in [0.3, 0.4) is 0 Å². The Morgan fingerprint density at radius 2 is 1.79 bits per heavy atom. The Kier molecular flexibility index (Phi) is 7.06. The van der Waals surface area contributed by atoms with E-state index >= 15 is 4.39 Å². The number of fused-ring (bicyclic) bond motifs is 5. The molecule has 2 amide bonds. The van der Waals surface area contributed by atoms with Crippen molar-refractivity contribution >= 4 is 46.7 Å². The third kappa shape index (κ3) is 4.19. The lowest BCUT2D eigenvalue weighted by Crippen LogP contribution is -2.60. The van der Waals surface area contributed by atoms with Gasteiger partial charge in [0.1, 0.15) is 11.2 Å². The molecule has 2 aromatic carbocycles. The van der Waals surface area contributed by atoms with E-state index in [1.54, 1.807) is 24.3 Å². The molecule has 0 aromatic heterocycles. The molecular weight excluding hydrogens is 592 g/mol. The summed E-state index contributed by atoms with van der Waals surface area (Å²) in [5.74, 6) is -2.77. The van der Waals surface area contributed by atoms with Gasteiger partial charge in [0.25, 0.3) is 0 Å². The number of nitrogens with one attached hydrogen (secondary N) is 3. The molecule has 2 spiro atoms. The lowest BCUT2D eigenvalue weighted by atomic mass is 9.55. The van der Waals surface area contributed by atoms with Crippen molar-refractivity contribution in [2.75, 3.05) is 5.32 Å². The van der Waals surface area contributed by atoms with Crippen LogP contribution in [0.1, 0.15) is 87.7 Å². The molecule has 0 radical (unpaired) electrons. The van der Waals surface area contributed by atoms with Gasteiger partial charge in [-0.25, -0.2) is 4.39 Å². The minimum absolute atomic E-state index is 0.0561. The van der Waals surface area contributed by atoms with Gasteiger partial charge in [-0.3, -0.25) is 19.7 Å². The van der Waals surface area contributed by atoms with Gasteiger partial charge in [0.05, 0.1) is 16.5 Å². The number of aliphatic carboxylic acids is 1. The van der Waals surface area contributed by atoms with Gasteiger partial charge in [0, 0.05) is 28.2 Å². The third-order valence-corrected chi connectivity index (χ3v) is 12.0. The van der Waals surface area contributed by atoms with Crippen LogP contribution in [0.15, 0.2) is 36.4 Å². The van der Waals surface area contributed by atoms with E-state index in [0.717, 1.165) is 32.1 Å². The fourth-order valence-electron chi connectivity index (χ4n) is 9.63. The highest BCUT2D eigenvalue weighted by Gasteiger charge is 2.72. The predicted molar refractivity (Wildman–Crippen MR) is 162 cm³/mol. The normalized spacial score (nSPS) is 34.2. The van der Waals surface area contributed by atoms with Gasteiger partial charge in [-0.2, -0.15) is 0 Å². The topological polar surface area (TPSA) is 108 Å². The summed E-state index contributed by atoms with van der Waals surface area (Å²) in [4.78, 5) is 41.2. The number of halogens is 3. The molecule has 3 saturated carbocycles. The molecule has 6 atom stereocenters. The minimum atomic E-state index is -1.28. The van der Waals surface area contributed by atoms with Gasteiger partial charge in [-0.15, -0.1) is 0 Å². The van der Waals surface area contributed by atoms with E-state index in [2.05, 4.69) is 16.0 Å². The molecule has 10 heteroatoms. The van der Waals surface area contributed by atoms with E-state index in [4.69, 9.17) is 23.2 Å². The predicted octanol–water partition coefficient (Wildman–Crippen LogP) is 6.32. The summed E-state index contributed by atoms with van der Waals surface area (Å²) in [5.41, 5.74) is -1.27. The Bertz CT molecular complexity index is 1510. The fraction of sp³-hybridized carbons (Fsp3) is 0.545. The maximum atomic E-state index is 16.1. The lowest BCUT2D eigenvalue weighted by Gasteiger charge is -2.47. The van der Waals surface area contributed by atoms with Crippen molar-refractivity contribution < 1.29 is 23.9 Å². The first-order valence-electron chi connectivity index (χ1n) is 15.5. The fourth-order valence-corrected chi connectivity index (χ4v) is 9.98. The van der Waals surface area contributed by atoms with Gasteiger partial charge in [0.15, 0.2) is 0 Å². The van der Waals surface area contributed by atoms with E-state index in [0.29, 0.717) is 54.8 Å². The molecule has 43 heavy (non-hydrogen) atoms. The number of benzene rings is 2. The highest BCUT2D eigenvalue weighted by Crippen LogP contribution is 2.63. The average Bonchev–Trinajstić information content (AvgIpc) is 3.44. The van der Waals surface area contributed by atoms with Crippen LogP contribution >= 0.6 is 23.2 Å². The number of carboxylic acids is 1. The van der Waals surface area contributed by atoms with Crippen LogP contribution in [0.4, 0.5) is 10.1 Å². The average molecular weight is 629 g/mol. The SMILES string of the molecule is O=C(NC1CCC2(C(=O)O)CCCC1C2)[C@@H]1NC2(CCCCC2)[C@@]2(C(=O)Nc3cc(Cl)ccc32)[C@H]1c1cccc(Cl)c1F. The van der Waals surface area contributed by atoms with Crippen LogP contribution in [-0.4, -0.2) is 40.5 Å². The summed E-state index contributed by atoms with van der Waals surface area (Å²) < 4.78 is 16.1. The first kappa shape index (κ1) is 29.1. The first-order valence-corrected chi connectivity index (χ1v) is 16.2. The number of rotatable bonds is 4. The maximum Gasteiger partial charge on any atom is 0.309 e. The molecule has 2 heterocycles. The number of carbonyl (C=O) groups excluding carboxylic acids is 2. The molecule has 2 bridgehead atoms. The van der Waals surface area contributed by atoms with Gasteiger partial charge in [-0.1, -0.05) is 67.1 Å². The number of carbonyl (C=O) groups is 3. The summed E-state index contributed by atoms with van der Waals surface area (Å²) >= 11 is 12.7. The largest absolute Gasteiger partial charge is 0.481 e. The number of anilines is 1. The molecule has 7 rings (SSSR count). The van der Waals surface area contributed by atoms with E-state index in [-0.39, 0.29) is 34.4 Å². The molecule has 5 aliphatic rings. The second-order valence-corrected chi connectivity index (χ2v) is 14.3. The van der Waals surface area contributed by atoms with Gasteiger partial charge in [-0.05, 0) is 80.2 Å². The third-order valence-electron chi connectivity index (χ3n) is 11.5. The quantitative estimate of drug-likeness (QED) is 0.317. The van der Waals surface area contributed by atoms with Crippen molar-refractivity contribution in [1.82, 2.24) is 10.6 Å². The van der Waals surface area contributed by atoms with Crippen LogP contribution in [0.25, 0.3) is 0 Å². The molecule has 228 valence electrons. The molecule has 4 fully saturated rings. The molecule has 2 aliphatic heterocycles. The lowest BCUT2D eigenvalue weighted by molar-refractivity contribution is -0.155. The highest BCUT2D eigenvalue weighted by atomic mass is 35.5. The van der Waals surface area contributed by atoms with Crippen molar-refractivity contribution in [2.45, 2.75) is 99.6 Å². The molecule has 4 N–H and O–H groups in total. The highest BCUT2D eigenvalue weighted by molar-refractivity contribution is 6.31. The minimum Gasteiger partial charge on any atom is -0.481 e. The van der Waals surface area contributed by atoms with E-state index in [1.807, 2.05) is 6.07 Å². The Balaban J connectivity index is 1.34. The first-order chi connectivity index (χ1) is 20.6. The van der Waals surface area contributed by atoms with Crippen LogP contribution < -0.4 is 16.0 Å². The Morgan fingerprint density at radius 1 is 1.00 bits per heavy atom. The number of hydrogen-bond acceptors (Lipinski definition) is 4. The van der Waals surface area contributed by atoms with Crippen molar-refractivity contribution in [3.63, 3.8) is 0 Å². The zero-order valence-corrected chi connectivity index (χ0v) is 25.4. The Labute approximate surface area is 260 Å². The standard InChI is InChI=1S/C33H36Cl2FN3O4/c34-19-9-10-21-24(16-19)38-29(41)33(21)25(20-7-4-8-22(35)26(20)36)27(39-32(33)13-2-1-3-14-32)28(40)37-23-11-15-31(30(42)43)12-5-6-18(23)17-31/h4,7-10,16,18,23,25,27,39H,1-3,5-6,11-15,17H2,(H,37,40)(H,38,41)(H,42,43)/t18?,23?,25-,27+,31?,33+/m0/s1. The van der Waals surface area contributed by atoms with E-state index < -0.39 is 40.1 Å². The smallest absolute Gasteiger partial charge is 0.309 e. The number of amides is 2. The molecule has 2 aromatic rings. The summed E-state index contributed by atoms with van der Waals surface area (Å²) in [7, 11) is 0. The summed E-state index contributed by atoms with van der Waals surface area (Å²) in [6, 6.07) is 8.99. The number of hydrogen-bond donors (Lipinski definition) is 4. The summed E-state index contributed by atoms with van der Waals surface area (Å²) in [6.07, 6.45) is 8.01. The molecule has 7 nitrogen and oxygen atoms in total. The monoisotopic (exact) mass is 627 g/mol. The molecule has 1 saturated heterocycles. The van der Waals surface area contributed by atoms with Crippen LogP contribution in [0.2, 0.25) is 10.0 Å². The van der Waals surface area contributed by atoms with Crippen LogP contribution in [0, 0.1) is 17.2 Å². The number of carboxylic acid groups (broad SMARTS) is 1. The molecule has 3 unspecified atom stereocenters. The van der Waals surface area contributed by atoms with Crippen LogP contribution in [0.5, 0.6) is 0 Å². The van der Waals surface area contributed by atoms with Gasteiger partial charge in [0.2, 0.25) is 11.8 Å². The second kappa shape index (κ2) is 10.5. The van der Waals surface area contributed by atoms with Crippen molar-refractivity contribution in [2.24, 2.45) is 11.3 Å². The van der Waals surface area contributed by atoms with Crippen molar-refractivity contribution in [3.8, 4) is 0 Å². The summed E-state index contributed by atoms with van der Waals surface area (Å²) in [5, 5.41) is 20.4. The van der Waals surface area contributed by atoms with Crippen LogP contribution in [-0.2, 0) is 19.8 Å². The summed E-state index contributed by atoms with van der Waals surface area (Å²) in [6.45, 7) is 0. The second-order valence-electron chi connectivity index (χ2n) is 13.4. The molecule has 3 aliphatic carbocycles. The Morgan fingerprint density at radius 3 is 2.56 bits per heavy atom. The van der Waals surface area contributed by atoms with E-state index in [1.165, 1.54) is 6.07 Å². The zero-order chi connectivity index (χ0) is 30.1. The van der Waals surface area contributed by atoms with Crippen molar-refractivity contribution in [1.29, 1.82) is 0 Å². The van der Waals surface area contributed by atoms with Gasteiger partial charge < -0.3 is 15.7 Å². The van der Waals surface area contributed by atoms with E-state index in [9.17, 15) is 19.5 Å². The van der Waals surface area contributed by atoms with Crippen molar-refractivity contribution in [3.05, 3.63) is 63.4 Å². The Hall–Kier alpha value is -2.68. The zero-order valence-electron chi connectivity index (χ0n) is 23.9. The maximum absolute atomic E-state index is 16.1. The molecular formula is C33H36Cl2FN3O4.